The second-order valence-electron chi connectivity index (χ2n) is 8.96. The number of piperidine rings is 1. The normalized spacial score (nSPS) is 31.8. The fourth-order valence-electron chi connectivity index (χ4n) is 5.07. The third-order valence-electron chi connectivity index (χ3n) is 5.08. The van der Waals surface area contributed by atoms with Crippen LogP contribution in [0.25, 0.3) is 0 Å². The van der Waals surface area contributed by atoms with E-state index < -0.39 is 0 Å². The predicted molar refractivity (Wildman–Crippen MR) is 88.1 cm³/mol. The van der Waals surface area contributed by atoms with Gasteiger partial charge in [-0.3, -0.25) is 4.90 Å². The Hall–Kier alpha value is -0.0800. The summed E-state index contributed by atoms with van der Waals surface area (Å²) in [5, 5.41) is 3.77. The monoisotopic (exact) mass is 280 g/mol. The van der Waals surface area contributed by atoms with E-state index in [9.17, 15) is 0 Å². The third-order valence-corrected chi connectivity index (χ3v) is 5.08. The zero-order chi connectivity index (χ0) is 15.0. The molecule has 0 radical (unpaired) electrons. The molecule has 2 aliphatic rings. The summed E-state index contributed by atoms with van der Waals surface area (Å²) >= 11 is 0. The van der Waals surface area contributed by atoms with Crippen molar-refractivity contribution in [3.8, 4) is 0 Å². The zero-order valence-corrected chi connectivity index (χ0v) is 14.6. The quantitative estimate of drug-likeness (QED) is 0.812. The number of nitrogens with zero attached hydrogens (tertiary/aromatic N) is 1. The van der Waals surface area contributed by atoms with Crippen LogP contribution in [-0.4, -0.2) is 35.1 Å². The second kappa shape index (κ2) is 5.96. The van der Waals surface area contributed by atoms with Crippen molar-refractivity contribution in [3.63, 3.8) is 0 Å². The first-order valence-electron chi connectivity index (χ1n) is 8.75. The van der Waals surface area contributed by atoms with E-state index in [1.54, 1.807) is 0 Å². The van der Waals surface area contributed by atoms with Gasteiger partial charge in [-0.15, -0.1) is 0 Å². The van der Waals surface area contributed by atoms with Crippen molar-refractivity contribution in [2.24, 2.45) is 5.41 Å². The molecule has 2 saturated heterocycles. The lowest BCUT2D eigenvalue weighted by atomic mass is 9.78. The first-order chi connectivity index (χ1) is 9.23. The third kappa shape index (κ3) is 3.76. The minimum absolute atomic E-state index is 0.347. The van der Waals surface area contributed by atoms with Crippen molar-refractivity contribution in [3.05, 3.63) is 0 Å². The molecule has 2 unspecified atom stereocenters. The van der Waals surface area contributed by atoms with E-state index >= 15 is 0 Å². The molecule has 0 spiro atoms. The predicted octanol–water partition coefficient (Wildman–Crippen LogP) is 4.20. The smallest absolute Gasteiger partial charge is 0.0164 e. The summed E-state index contributed by atoms with van der Waals surface area (Å²) in [5.74, 6) is 0. The molecule has 118 valence electrons. The van der Waals surface area contributed by atoms with E-state index in [0.29, 0.717) is 11.0 Å². The maximum Gasteiger partial charge on any atom is 0.0164 e. The summed E-state index contributed by atoms with van der Waals surface area (Å²) in [4.78, 5) is 2.89. The highest BCUT2D eigenvalue weighted by Crippen LogP contribution is 2.44. The van der Waals surface area contributed by atoms with Gasteiger partial charge < -0.3 is 5.32 Å². The Kier molecular flexibility index (Phi) is 4.86. The van der Waals surface area contributed by atoms with Crippen LogP contribution in [0.1, 0.15) is 80.1 Å². The molecule has 2 atom stereocenters. The van der Waals surface area contributed by atoms with Gasteiger partial charge in [0.2, 0.25) is 0 Å². The highest BCUT2D eigenvalue weighted by atomic mass is 15.3. The number of hydrogen-bond donors (Lipinski definition) is 1. The molecular formula is C18H36N2. The summed E-state index contributed by atoms with van der Waals surface area (Å²) < 4.78 is 0. The molecule has 0 saturated carbocycles. The molecular weight excluding hydrogens is 244 g/mol. The van der Waals surface area contributed by atoms with Gasteiger partial charge in [-0.05, 0) is 64.3 Å². The van der Waals surface area contributed by atoms with Gasteiger partial charge in [-0.25, -0.2) is 0 Å². The second-order valence-corrected chi connectivity index (χ2v) is 8.96. The molecule has 1 N–H and O–H groups in total. The van der Waals surface area contributed by atoms with Crippen molar-refractivity contribution in [1.29, 1.82) is 0 Å². The summed E-state index contributed by atoms with van der Waals surface area (Å²) in [6.07, 6.45) is 8.12. The molecule has 2 fully saturated rings. The molecule has 0 aromatic rings. The van der Waals surface area contributed by atoms with Gasteiger partial charge in [-0.1, -0.05) is 27.7 Å². The minimum atomic E-state index is 0.347. The fraction of sp³-hybridized carbons (Fsp3) is 1.00. The van der Waals surface area contributed by atoms with Crippen LogP contribution in [0.3, 0.4) is 0 Å². The van der Waals surface area contributed by atoms with Gasteiger partial charge in [0.15, 0.2) is 0 Å². The van der Waals surface area contributed by atoms with Crippen LogP contribution in [0.15, 0.2) is 0 Å². The molecule has 0 aliphatic carbocycles. The minimum Gasteiger partial charge on any atom is -0.314 e. The molecule has 0 aromatic heterocycles. The standard InChI is InChI=1S/C18H36N2/c1-7-10-19-14-11-15-8-9-16(12-14)20(15)18(5,6)13-17(2,3)4/h14-16,19H,7-13H2,1-6H3. The average molecular weight is 280 g/mol. The number of hydrogen-bond acceptors (Lipinski definition) is 2. The summed E-state index contributed by atoms with van der Waals surface area (Å²) in [7, 11) is 0. The van der Waals surface area contributed by atoms with Crippen LogP contribution in [0.2, 0.25) is 0 Å². The van der Waals surface area contributed by atoms with Crippen LogP contribution in [0.4, 0.5) is 0 Å². The Labute approximate surface area is 126 Å². The van der Waals surface area contributed by atoms with Crippen LogP contribution in [0.5, 0.6) is 0 Å². The van der Waals surface area contributed by atoms with Gasteiger partial charge in [0.05, 0.1) is 0 Å². The number of fused-ring (bicyclic) bond motifs is 2. The maximum atomic E-state index is 3.77. The molecule has 20 heavy (non-hydrogen) atoms. The first kappa shape index (κ1) is 16.3. The Morgan fingerprint density at radius 3 is 2.00 bits per heavy atom. The largest absolute Gasteiger partial charge is 0.314 e. The number of nitrogens with one attached hydrogen (secondary N) is 1. The highest BCUT2D eigenvalue weighted by Gasteiger charge is 2.47. The van der Waals surface area contributed by atoms with Crippen LogP contribution in [0, 0.1) is 5.41 Å². The van der Waals surface area contributed by atoms with Crippen molar-refractivity contribution < 1.29 is 0 Å². The van der Waals surface area contributed by atoms with E-state index in [0.717, 1.165) is 18.1 Å². The van der Waals surface area contributed by atoms with Crippen molar-refractivity contribution in [2.75, 3.05) is 6.54 Å². The molecule has 2 aliphatic heterocycles. The molecule has 2 rings (SSSR count). The van der Waals surface area contributed by atoms with Crippen LogP contribution in [-0.2, 0) is 0 Å². The van der Waals surface area contributed by atoms with E-state index in [-0.39, 0.29) is 0 Å². The Morgan fingerprint density at radius 2 is 1.55 bits per heavy atom. The fourth-order valence-corrected chi connectivity index (χ4v) is 5.07. The molecule has 2 bridgehead atoms. The molecule has 2 heterocycles. The summed E-state index contributed by atoms with van der Waals surface area (Å²) in [6.45, 7) is 15.6. The van der Waals surface area contributed by atoms with Gasteiger partial charge in [0, 0.05) is 23.7 Å². The van der Waals surface area contributed by atoms with Gasteiger partial charge in [0.1, 0.15) is 0 Å². The molecule has 0 amide bonds. The van der Waals surface area contributed by atoms with E-state index in [2.05, 4.69) is 51.8 Å². The SMILES string of the molecule is CCCNC1CC2CCC(C1)N2C(C)(C)CC(C)(C)C. The molecule has 2 nitrogen and oxygen atoms in total. The zero-order valence-electron chi connectivity index (χ0n) is 14.6. The van der Waals surface area contributed by atoms with Gasteiger partial charge >= 0.3 is 0 Å². The lowest BCUT2D eigenvalue weighted by Crippen LogP contribution is -2.58. The van der Waals surface area contributed by atoms with Crippen molar-refractivity contribution >= 4 is 0 Å². The average Bonchev–Trinajstić information content (AvgIpc) is 2.57. The van der Waals surface area contributed by atoms with Crippen LogP contribution < -0.4 is 5.32 Å². The van der Waals surface area contributed by atoms with E-state index in [4.69, 9.17) is 0 Å². The molecule has 0 aromatic carbocycles. The maximum absolute atomic E-state index is 3.77. The lowest BCUT2D eigenvalue weighted by Gasteiger charge is -2.50. The summed E-state index contributed by atoms with van der Waals surface area (Å²) in [5.41, 5.74) is 0.764. The van der Waals surface area contributed by atoms with Gasteiger partial charge in [-0.2, -0.15) is 0 Å². The van der Waals surface area contributed by atoms with E-state index in [1.807, 2.05) is 0 Å². The Bertz CT molecular complexity index is 302. The Morgan fingerprint density at radius 1 is 1.00 bits per heavy atom. The van der Waals surface area contributed by atoms with Crippen LogP contribution >= 0.6 is 0 Å². The highest BCUT2D eigenvalue weighted by molar-refractivity contribution is 5.03. The van der Waals surface area contributed by atoms with Crippen molar-refractivity contribution in [1.82, 2.24) is 10.2 Å². The Balaban J connectivity index is 2.01. The topological polar surface area (TPSA) is 15.3 Å². The number of rotatable bonds is 5. The van der Waals surface area contributed by atoms with Gasteiger partial charge in [0.25, 0.3) is 0 Å². The lowest BCUT2D eigenvalue weighted by molar-refractivity contribution is -0.00182. The van der Waals surface area contributed by atoms with Crippen molar-refractivity contribution in [2.45, 2.75) is 104 Å². The summed E-state index contributed by atoms with van der Waals surface area (Å²) in [6, 6.07) is 2.41. The molecule has 2 heteroatoms. The first-order valence-corrected chi connectivity index (χ1v) is 8.75. The van der Waals surface area contributed by atoms with E-state index in [1.165, 1.54) is 45.1 Å².